The molecule has 1 fully saturated rings. The molecule has 0 saturated carbocycles. The molecule has 2 heterocycles. The number of rotatable bonds is 10. The van der Waals surface area contributed by atoms with E-state index in [1.807, 2.05) is 18.2 Å². The molecule has 4 amide bonds. The normalized spacial score (nSPS) is 15.8. The summed E-state index contributed by atoms with van der Waals surface area (Å²) in [5.74, 6) is 1.27. The maximum absolute atomic E-state index is 12.4. The lowest BCUT2D eigenvalue weighted by Crippen LogP contribution is -2.33. The van der Waals surface area contributed by atoms with E-state index in [2.05, 4.69) is 10.6 Å². The molecular formula is C21H25N3O6. The highest BCUT2D eigenvalue weighted by molar-refractivity contribution is 6.04. The molecule has 2 aromatic rings. The van der Waals surface area contributed by atoms with Crippen LogP contribution < -0.4 is 20.1 Å². The standard InChI is InChI=1S/C21H25N3O6/c1-28-17-7-5-14(12-18(17)29-2)9-10-22-19(25)8-6-16-20(26)24(21(27)23-16)13-15-4-3-11-30-15/h3-5,7,11-12,16H,6,8-10,13H2,1-2H3,(H,22,25)(H,23,27). The first-order valence-corrected chi connectivity index (χ1v) is 9.63. The Labute approximate surface area is 174 Å². The average molecular weight is 415 g/mol. The van der Waals surface area contributed by atoms with Gasteiger partial charge in [0.25, 0.3) is 5.91 Å². The van der Waals surface area contributed by atoms with Crippen LogP contribution in [0.3, 0.4) is 0 Å². The molecule has 0 bridgehead atoms. The molecule has 0 spiro atoms. The lowest BCUT2D eigenvalue weighted by Gasteiger charge is -2.12. The molecule has 3 rings (SSSR count). The molecule has 1 saturated heterocycles. The molecule has 1 aromatic heterocycles. The van der Waals surface area contributed by atoms with Gasteiger partial charge in [0, 0.05) is 13.0 Å². The van der Waals surface area contributed by atoms with Gasteiger partial charge in [-0.05, 0) is 42.7 Å². The summed E-state index contributed by atoms with van der Waals surface area (Å²) >= 11 is 0. The molecule has 30 heavy (non-hydrogen) atoms. The minimum Gasteiger partial charge on any atom is -0.493 e. The van der Waals surface area contributed by atoms with E-state index >= 15 is 0 Å². The number of ether oxygens (including phenoxy) is 2. The fourth-order valence-electron chi connectivity index (χ4n) is 3.23. The number of urea groups is 1. The van der Waals surface area contributed by atoms with Gasteiger partial charge in [0.2, 0.25) is 5.91 Å². The van der Waals surface area contributed by atoms with E-state index in [0.29, 0.717) is 30.2 Å². The molecular weight excluding hydrogens is 390 g/mol. The van der Waals surface area contributed by atoms with Crippen molar-refractivity contribution in [2.45, 2.75) is 31.8 Å². The van der Waals surface area contributed by atoms with Crippen molar-refractivity contribution in [1.82, 2.24) is 15.5 Å². The topological polar surface area (TPSA) is 110 Å². The number of carbonyl (C=O) groups is 3. The number of nitrogens with one attached hydrogen (secondary N) is 2. The number of methoxy groups -OCH3 is 2. The van der Waals surface area contributed by atoms with Crippen LogP contribution in [-0.4, -0.2) is 49.6 Å². The Morgan fingerprint density at radius 2 is 2.00 bits per heavy atom. The third kappa shape index (κ3) is 5.11. The molecule has 1 unspecified atom stereocenters. The van der Waals surface area contributed by atoms with E-state index in [9.17, 15) is 14.4 Å². The van der Waals surface area contributed by atoms with Crippen LogP contribution in [0.15, 0.2) is 41.0 Å². The highest BCUT2D eigenvalue weighted by atomic mass is 16.5. The van der Waals surface area contributed by atoms with Crippen LogP contribution in [-0.2, 0) is 22.6 Å². The van der Waals surface area contributed by atoms with E-state index in [1.54, 1.807) is 26.4 Å². The van der Waals surface area contributed by atoms with Gasteiger partial charge in [-0.3, -0.25) is 14.5 Å². The van der Waals surface area contributed by atoms with Gasteiger partial charge in [0.05, 0.1) is 27.0 Å². The quantitative estimate of drug-likeness (QED) is 0.573. The maximum atomic E-state index is 12.4. The first kappa shape index (κ1) is 21.2. The summed E-state index contributed by atoms with van der Waals surface area (Å²) in [4.78, 5) is 37.7. The zero-order valence-corrected chi connectivity index (χ0v) is 17.0. The van der Waals surface area contributed by atoms with E-state index < -0.39 is 12.1 Å². The first-order chi connectivity index (χ1) is 14.5. The predicted octanol–water partition coefficient (Wildman–Crippen LogP) is 1.86. The molecule has 160 valence electrons. The van der Waals surface area contributed by atoms with E-state index in [-0.39, 0.29) is 31.2 Å². The van der Waals surface area contributed by atoms with Crippen LogP contribution in [0.5, 0.6) is 11.5 Å². The maximum Gasteiger partial charge on any atom is 0.325 e. The number of furan rings is 1. The van der Waals surface area contributed by atoms with Gasteiger partial charge in [-0.15, -0.1) is 0 Å². The number of hydrogen-bond donors (Lipinski definition) is 2. The van der Waals surface area contributed by atoms with Crippen LogP contribution >= 0.6 is 0 Å². The Morgan fingerprint density at radius 3 is 2.70 bits per heavy atom. The number of carbonyl (C=O) groups excluding carboxylic acids is 3. The molecule has 1 aliphatic heterocycles. The van der Waals surface area contributed by atoms with Gasteiger partial charge in [-0.25, -0.2) is 4.79 Å². The van der Waals surface area contributed by atoms with Gasteiger partial charge in [-0.1, -0.05) is 6.07 Å². The Hall–Kier alpha value is -3.49. The summed E-state index contributed by atoms with van der Waals surface area (Å²) in [7, 11) is 3.15. The van der Waals surface area contributed by atoms with Crippen molar-refractivity contribution in [2.75, 3.05) is 20.8 Å². The van der Waals surface area contributed by atoms with Gasteiger partial charge < -0.3 is 24.5 Å². The molecule has 2 N–H and O–H groups in total. The molecule has 0 radical (unpaired) electrons. The lowest BCUT2D eigenvalue weighted by atomic mass is 10.1. The Kier molecular flexibility index (Phi) is 6.95. The summed E-state index contributed by atoms with van der Waals surface area (Å²) in [6, 6.07) is 7.80. The zero-order valence-electron chi connectivity index (χ0n) is 17.0. The van der Waals surface area contributed by atoms with Gasteiger partial charge in [-0.2, -0.15) is 0 Å². The second-order valence-electron chi connectivity index (χ2n) is 6.83. The summed E-state index contributed by atoms with van der Waals surface area (Å²) in [5, 5.41) is 5.45. The fraction of sp³-hybridized carbons (Fsp3) is 0.381. The van der Waals surface area contributed by atoms with Crippen LogP contribution in [0.4, 0.5) is 4.79 Å². The molecule has 0 aliphatic carbocycles. The average Bonchev–Trinajstić information content (AvgIpc) is 3.36. The molecule has 9 heteroatoms. The van der Waals surface area contributed by atoms with Crippen LogP contribution in [0.2, 0.25) is 0 Å². The SMILES string of the molecule is COc1ccc(CCNC(=O)CCC2NC(=O)N(Cc3ccco3)C2=O)cc1OC. The Morgan fingerprint density at radius 1 is 1.20 bits per heavy atom. The van der Waals surface area contributed by atoms with E-state index in [4.69, 9.17) is 13.9 Å². The van der Waals surface area contributed by atoms with E-state index in [0.717, 1.165) is 10.5 Å². The minimum atomic E-state index is -0.705. The van der Waals surface area contributed by atoms with Crippen molar-refractivity contribution in [1.29, 1.82) is 0 Å². The Bertz CT molecular complexity index is 896. The van der Waals surface area contributed by atoms with Crippen molar-refractivity contribution >= 4 is 17.8 Å². The second kappa shape index (κ2) is 9.82. The van der Waals surface area contributed by atoms with Gasteiger partial charge in [0.15, 0.2) is 11.5 Å². The highest BCUT2D eigenvalue weighted by Gasteiger charge is 2.38. The van der Waals surface area contributed by atoms with Crippen LogP contribution in [0, 0.1) is 0 Å². The van der Waals surface area contributed by atoms with Crippen molar-refractivity contribution in [3.63, 3.8) is 0 Å². The second-order valence-corrected chi connectivity index (χ2v) is 6.83. The van der Waals surface area contributed by atoms with Crippen molar-refractivity contribution in [2.24, 2.45) is 0 Å². The van der Waals surface area contributed by atoms with Crippen molar-refractivity contribution in [3.8, 4) is 11.5 Å². The summed E-state index contributed by atoms with van der Waals surface area (Å²) in [6.07, 6.45) is 2.48. The van der Waals surface area contributed by atoms with E-state index in [1.165, 1.54) is 6.26 Å². The van der Waals surface area contributed by atoms with Crippen molar-refractivity contribution < 1.29 is 28.3 Å². The zero-order chi connectivity index (χ0) is 21.5. The lowest BCUT2D eigenvalue weighted by molar-refractivity contribution is -0.128. The highest BCUT2D eigenvalue weighted by Crippen LogP contribution is 2.27. The fourth-order valence-corrected chi connectivity index (χ4v) is 3.23. The number of imide groups is 1. The van der Waals surface area contributed by atoms with Crippen LogP contribution in [0.1, 0.15) is 24.2 Å². The smallest absolute Gasteiger partial charge is 0.325 e. The minimum absolute atomic E-state index is 0.0751. The van der Waals surface area contributed by atoms with Gasteiger partial charge >= 0.3 is 6.03 Å². The third-order valence-corrected chi connectivity index (χ3v) is 4.84. The van der Waals surface area contributed by atoms with Crippen molar-refractivity contribution in [3.05, 3.63) is 47.9 Å². The predicted molar refractivity (Wildman–Crippen MR) is 107 cm³/mol. The molecule has 1 aliphatic rings. The van der Waals surface area contributed by atoms with Gasteiger partial charge in [0.1, 0.15) is 11.8 Å². The molecule has 1 atom stereocenters. The third-order valence-electron chi connectivity index (χ3n) is 4.84. The number of amides is 4. The number of nitrogens with zero attached hydrogens (tertiary/aromatic N) is 1. The largest absolute Gasteiger partial charge is 0.493 e. The first-order valence-electron chi connectivity index (χ1n) is 9.63. The Balaban J connectivity index is 1.41. The molecule has 9 nitrogen and oxygen atoms in total. The number of hydrogen-bond acceptors (Lipinski definition) is 6. The summed E-state index contributed by atoms with van der Waals surface area (Å²) in [6.45, 7) is 0.523. The molecule has 1 aromatic carbocycles. The monoisotopic (exact) mass is 415 g/mol. The van der Waals surface area contributed by atoms with Crippen LogP contribution in [0.25, 0.3) is 0 Å². The summed E-state index contributed by atoms with van der Waals surface area (Å²) in [5.41, 5.74) is 1.000. The summed E-state index contributed by atoms with van der Waals surface area (Å²) < 4.78 is 15.7. The number of benzene rings is 1.